The molecule has 0 aromatic heterocycles. The van der Waals surface area contributed by atoms with Gasteiger partial charge in [0.1, 0.15) is 0 Å². The Bertz CT molecular complexity index is 514. The van der Waals surface area contributed by atoms with Gasteiger partial charge in [0.25, 0.3) is 0 Å². The average Bonchev–Trinajstić information content (AvgIpc) is 2.46. The van der Waals surface area contributed by atoms with Gasteiger partial charge in [-0.1, -0.05) is 66.7 Å². The molecule has 0 saturated carbocycles. The van der Waals surface area contributed by atoms with Crippen molar-refractivity contribution in [2.24, 2.45) is 0 Å². The number of allylic oxidation sites excluding steroid dienone is 1. The van der Waals surface area contributed by atoms with Crippen LogP contribution in [0.2, 0.25) is 0 Å². The summed E-state index contributed by atoms with van der Waals surface area (Å²) in [5, 5.41) is 0. The van der Waals surface area contributed by atoms with E-state index in [4.69, 9.17) is 0 Å². The molecule has 0 spiro atoms. The van der Waals surface area contributed by atoms with Crippen molar-refractivity contribution in [3.05, 3.63) is 84.4 Å². The van der Waals surface area contributed by atoms with Gasteiger partial charge in [0.15, 0.2) is 5.78 Å². The summed E-state index contributed by atoms with van der Waals surface area (Å²) in [7, 11) is 0. The first-order valence-corrected chi connectivity index (χ1v) is 6.07. The average molecular weight is 236 g/mol. The minimum Gasteiger partial charge on any atom is -0.294 e. The van der Waals surface area contributed by atoms with Gasteiger partial charge in [-0.05, 0) is 5.56 Å². The van der Waals surface area contributed by atoms with Gasteiger partial charge >= 0.3 is 0 Å². The number of carbonyl (C=O) groups excluding carboxylic acids is 1. The summed E-state index contributed by atoms with van der Waals surface area (Å²) in [6, 6.07) is 19.4. The predicted molar refractivity (Wildman–Crippen MR) is 74.8 cm³/mol. The summed E-state index contributed by atoms with van der Waals surface area (Å²) in [4.78, 5) is 12.1. The van der Waals surface area contributed by atoms with E-state index in [1.54, 1.807) is 0 Å². The van der Waals surface area contributed by atoms with Crippen molar-refractivity contribution in [2.45, 2.75) is 12.3 Å². The number of carbonyl (C=O) groups is 1. The van der Waals surface area contributed by atoms with Crippen LogP contribution < -0.4 is 0 Å². The van der Waals surface area contributed by atoms with E-state index in [-0.39, 0.29) is 11.7 Å². The van der Waals surface area contributed by atoms with Gasteiger partial charge < -0.3 is 0 Å². The van der Waals surface area contributed by atoms with E-state index in [1.165, 1.54) is 0 Å². The van der Waals surface area contributed by atoms with Crippen molar-refractivity contribution in [1.82, 2.24) is 0 Å². The Balaban J connectivity index is 2.13. The van der Waals surface area contributed by atoms with Crippen molar-refractivity contribution in [2.75, 3.05) is 0 Å². The molecule has 1 atom stereocenters. The van der Waals surface area contributed by atoms with Gasteiger partial charge in [0, 0.05) is 17.9 Å². The molecule has 0 heterocycles. The van der Waals surface area contributed by atoms with Gasteiger partial charge in [0.2, 0.25) is 0 Å². The highest BCUT2D eigenvalue weighted by atomic mass is 16.1. The monoisotopic (exact) mass is 236 g/mol. The molecular formula is C17H16O. The molecule has 1 unspecified atom stereocenters. The molecule has 0 saturated heterocycles. The first kappa shape index (κ1) is 12.3. The second-order valence-electron chi connectivity index (χ2n) is 4.25. The maximum absolute atomic E-state index is 12.1. The molecule has 0 aliphatic carbocycles. The summed E-state index contributed by atoms with van der Waals surface area (Å²) < 4.78 is 0. The largest absolute Gasteiger partial charge is 0.294 e. The maximum Gasteiger partial charge on any atom is 0.163 e. The fraction of sp³-hybridized carbons (Fsp3) is 0.118. The molecule has 0 aliphatic heterocycles. The lowest BCUT2D eigenvalue weighted by molar-refractivity contribution is 0.0978. The van der Waals surface area contributed by atoms with Crippen molar-refractivity contribution >= 4 is 5.78 Å². The maximum atomic E-state index is 12.1. The quantitative estimate of drug-likeness (QED) is 0.561. The van der Waals surface area contributed by atoms with Crippen molar-refractivity contribution in [3.63, 3.8) is 0 Å². The lowest BCUT2D eigenvalue weighted by Gasteiger charge is -2.11. The second kappa shape index (κ2) is 5.97. The highest BCUT2D eigenvalue weighted by molar-refractivity contribution is 5.96. The van der Waals surface area contributed by atoms with E-state index < -0.39 is 0 Å². The number of hydrogen-bond donors (Lipinski definition) is 0. The lowest BCUT2D eigenvalue weighted by atomic mass is 9.92. The zero-order valence-electron chi connectivity index (χ0n) is 10.3. The van der Waals surface area contributed by atoms with Crippen LogP contribution in [-0.2, 0) is 0 Å². The topological polar surface area (TPSA) is 17.1 Å². The van der Waals surface area contributed by atoms with Crippen LogP contribution in [0, 0.1) is 0 Å². The van der Waals surface area contributed by atoms with E-state index in [0.29, 0.717) is 6.42 Å². The third kappa shape index (κ3) is 2.95. The molecule has 0 aliphatic rings. The zero-order chi connectivity index (χ0) is 12.8. The predicted octanol–water partition coefficient (Wildman–Crippen LogP) is 4.23. The lowest BCUT2D eigenvalue weighted by Crippen LogP contribution is -2.05. The van der Waals surface area contributed by atoms with Crippen molar-refractivity contribution < 1.29 is 4.79 Å². The Morgan fingerprint density at radius 2 is 1.56 bits per heavy atom. The molecule has 2 aromatic rings. The molecule has 90 valence electrons. The molecule has 2 rings (SSSR count). The molecule has 0 N–H and O–H groups in total. The normalized spacial score (nSPS) is 11.8. The summed E-state index contributed by atoms with van der Waals surface area (Å²) in [5.74, 6) is 0.239. The number of benzene rings is 2. The fourth-order valence-electron chi connectivity index (χ4n) is 1.98. The van der Waals surface area contributed by atoms with Crippen LogP contribution in [0.5, 0.6) is 0 Å². The Morgan fingerprint density at radius 1 is 1.00 bits per heavy atom. The molecule has 1 nitrogen and oxygen atoms in total. The highest BCUT2D eigenvalue weighted by Crippen LogP contribution is 2.22. The van der Waals surface area contributed by atoms with E-state index in [9.17, 15) is 4.79 Å². The summed E-state index contributed by atoms with van der Waals surface area (Å²) in [5.41, 5.74) is 1.90. The molecule has 2 aromatic carbocycles. The number of ketones is 1. The summed E-state index contributed by atoms with van der Waals surface area (Å²) in [6.45, 7) is 3.83. The minimum atomic E-state index is 0.0823. The van der Waals surface area contributed by atoms with E-state index >= 15 is 0 Å². The number of rotatable bonds is 5. The van der Waals surface area contributed by atoms with Crippen LogP contribution in [-0.4, -0.2) is 5.78 Å². The van der Waals surface area contributed by atoms with Gasteiger partial charge in [0.05, 0.1) is 0 Å². The molecule has 0 bridgehead atoms. The van der Waals surface area contributed by atoms with E-state index in [1.807, 2.05) is 66.7 Å². The minimum absolute atomic E-state index is 0.0823. The first-order chi connectivity index (χ1) is 8.81. The fourth-order valence-corrected chi connectivity index (χ4v) is 1.98. The molecule has 0 fully saturated rings. The zero-order valence-corrected chi connectivity index (χ0v) is 10.3. The molecule has 0 radical (unpaired) electrons. The highest BCUT2D eigenvalue weighted by Gasteiger charge is 2.13. The summed E-state index contributed by atoms with van der Waals surface area (Å²) >= 11 is 0. The van der Waals surface area contributed by atoms with Gasteiger partial charge in [-0.25, -0.2) is 0 Å². The van der Waals surface area contributed by atoms with E-state index in [0.717, 1.165) is 11.1 Å². The van der Waals surface area contributed by atoms with Crippen LogP contribution >= 0.6 is 0 Å². The van der Waals surface area contributed by atoms with Gasteiger partial charge in [-0.15, -0.1) is 6.58 Å². The van der Waals surface area contributed by atoms with Crippen LogP contribution in [0.15, 0.2) is 73.3 Å². The smallest absolute Gasteiger partial charge is 0.163 e. The Morgan fingerprint density at radius 3 is 2.11 bits per heavy atom. The number of Topliss-reactive ketones (excluding diaryl/α,β-unsaturated/α-hetero) is 1. The Kier molecular flexibility index (Phi) is 4.08. The van der Waals surface area contributed by atoms with Crippen LogP contribution in [0.1, 0.15) is 28.3 Å². The Hall–Kier alpha value is -2.15. The van der Waals surface area contributed by atoms with Crippen molar-refractivity contribution in [1.29, 1.82) is 0 Å². The Labute approximate surface area is 108 Å². The van der Waals surface area contributed by atoms with Crippen molar-refractivity contribution in [3.8, 4) is 0 Å². The third-order valence-corrected chi connectivity index (χ3v) is 3.01. The molecule has 18 heavy (non-hydrogen) atoms. The molecular weight excluding hydrogens is 220 g/mol. The van der Waals surface area contributed by atoms with Gasteiger partial charge in [-0.2, -0.15) is 0 Å². The SMILES string of the molecule is C=CC(CC(=O)c1ccccc1)c1ccccc1. The van der Waals surface area contributed by atoms with Crippen LogP contribution in [0.4, 0.5) is 0 Å². The van der Waals surface area contributed by atoms with Gasteiger partial charge in [-0.3, -0.25) is 4.79 Å². The third-order valence-electron chi connectivity index (χ3n) is 3.01. The standard InChI is InChI=1S/C17H16O/c1-2-14(15-9-5-3-6-10-15)13-17(18)16-11-7-4-8-12-16/h2-12,14H,1,13H2. The van der Waals surface area contributed by atoms with E-state index in [2.05, 4.69) is 6.58 Å². The van der Waals surface area contributed by atoms with Crippen LogP contribution in [0.3, 0.4) is 0 Å². The second-order valence-corrected chi connectivity index (χ2v) is 4.25. The first-order valence-electron chi connectivity index (χ1n) is 6.07. The molecule has 1 heteroatoms. The molecule has 0 amide bonds. The van der Waals surface area contributed by atoms with Crippen LogP contribution in [0.25, 0.3) is 0 Å². The summed E-state index contributed by atoms with van der Waals surface area (Å²) in [6.07, 6.45) is 2.31. The number of hydrogen-bond acceptors (Lipinski definition) is 1.